The first kappa shape index (κ1) is 23.8. The highest BCUT2D eigenvalue weighted by atomic mass is 79.9. The van der Waals surface area contributed by atoms with Crippen LogP contribution in [0.15, 0.2) is 88.7 Å². The molecule has 1 aromatic heterocycles. The highest BCUT2D eigenvalue weighted by molar-refractivity contribution is 9.10. The minimum absolute atomic E-state index is 0.00424. The molecule has 3 aromatic carbocycles. The molecule has 0 aliphatic carbocycles. The number of esters is 1. The molecule has 0 radical (unpaired) electrons. The molecule has 0 saturated heterocycles. The van der Waals surface area contributed by atoms with Gasteiger partial charge >= 0.3 is 5.97 Å². The van der Waals surface area contributed by atoms with Crippen LogP contribution in [0.2, 0.25) is 0 Å². The Hall–Kier alpha value is -3.97. The van der Waals surface area contributed by atoms with Crippen molar-refractivity contribution in [3.05, 3.63) is 117 Å². The summed E-state index contributed by atoms with van der Waals surface area (Å²) >= 11 is 3.47. The van der Waals surface area contributed by atoms with Gasteiger partial charge in [-0.05, 0) is 54.5 Å². The average Bonchev–Trinajstić information content (AvgIpc) is 2.88. The third-order valence-electron chi connectivity index (χ3n) is 5.96. The molecule has 7 heteroatoms. The number of nitrogens with two attached hydrogens (primary N) is 1. The predicted molar refractivity (Wildman–Crippen MR) is 142 cm³/mol. The van der Waals surface area contributed by atoms with Crippen LogP contribution in [-0.2, 0) is 9.53 Å². The fraction of sp³-hybridized carbons (Fsp3) is 0.103. The van der Waals surface area contributed by atoms with Crippen LogP contribution in [0.3, 0.4) is 0 Å². The number of ether oxygens (including phenoxy) is 2. The smallest absolute Gasteiger partial charge is 0.340 e. The first-order valence-electron chi connectivity index (χ1n) is 11.4. The molecule has 1 atom stereocenters. The van der Waals surface area contributed by atoms with Crippen molar-refractivity contribution in [3.8, 4) is 5.75 Å². The van der Waals surface area contributed by atoms with Crippen LogP contribution in [-0.4, -0.2) is 17.6 Å². The summed E-state index contributed by atoms with van der Waals surface area (Å²) in [6.45, 7) is 1.97. The van der Waals surface area contributed by atoms with Crippen molar-refractivity contribution >= 4 is 45.0 Å². The lowest BCUT2D eigenvalue weighted by Crippen LogP contribution is -2.27. The number of fused-ring (bicyclic) bond motifs is 3. The highest BCUT2D eigenvalue weighted by Gasteiger charge is 2.36. The molecule has 5 nitrogen and oxygen atoms in total. The average molecular weight is 545 g/mol. The molecule has 180 valence electrons. The van der Waals surface area contributed by atoms with E-state index in [2.05, 4.69) is 15.9 Å². The van der Waals surface area contributed by atoms with E-state index in [1.807, 2.05) is 60.7 Å². The van der Waals surface area contributed by atoms with Gasteiger partial charge in [-0.1, -0.05) is 64.5 Å². The van der Waals surface area contributed by atoms with E-state index < -0.39 is 11.9 Å². The summed E-state index contributed by atoms with van der Waals surface area (Å²) in [5.74, 6) is -0.783. The van der Waals surface area contributed by atoms with Crippen molar-refractivity contribution in [2.75, 3.05) is 6.61 Å². The number of nitrogens with zero attached hydrogens (tertiary/aromatic N) is 1. The molecule has 0 fully saturated rings. The molecule has 0 bridgehead atoms. The Morgan fingerprint density at radius 2 is 1.78 bits per heavy atom. The minimum Gasteiger partial charge on any atom is -0.462 e. The molecule has 1 aliphatic rings. The topological polar surface area (TPSA) is 74.4 Å². The SMILES string of the molecule is CCOC(=O)C1=C(N)Oc2c(ccc3ccc(/C=C/c4ccc(F)cc4)nc23)C1c1ccc(Br)cc1. The van der Waals surface area contributed by atoms with Gasteiger partial charge in [0.1, 0.15) is 16.9 Å². The summed E-state index contributed by atoms with van der Waals surface area (Å²) in [5.41, 5.74) is 10.4. The zero-order chi connectivity index (χ0) is 25.2. The van der Waals surface area contributed by atoms with Crippen molar-refractivity contribution in [1.82, 2.24) is 4.98 Å². The molecular weight excluding hydrogens is 523 g/mol. The number of aromatic nitrogens is 1. The van der Waals surface area contributed by atoms with Gasteiger partial charge in [-0.15, -0.1) is 0 Å². The largest absolute Gasteiger partial charge is 0.462 e. The molecule has 2 heterocycles. The number of halogens is 2. The summed E-state index contributed by atoms with van der Waals surface area (Å²) in [6.07, 6.45) is 3.71. The van der Waals surface area contributed by atoms with E-state index in [-0.39, 0.29) is 23.9 Å². The van der Waals surface area contributed by atoms with Crippen LogP contribution < -0.4 is 10.5 Å². The van der Waals surface area contributed by atoms with Crippen LogP contribution in [0.4, 0.5) is 4.39 Å². The molecule has 0 saturated carbocycles. The van der Waals surface area contributed by atoms with Crippen molar-refractivity contribution in [2.45, 2.75) is 12.8 Å². The Morgan fingerprint density at radius 3 is 2.50 bits per heavy atom. The highest BCUT2D eigenvalue weighted by Crippen LogP contribution is 2.45. The third kappa shape index (κ3) is 4.62. The predicted octanol–water partition coefficient (Wildman–Crippen LogP) is 6.56. The fourth-order valence-corrected chi connectivity index (χ4v) is 4.53. The van der Waals surface area contributed by atoms with Crippen molar-refractivity contribution in [2.24, 2.45) is 5.73 Å². The van der Waals surface area contributed by atoms with Gasteiger partial charge in [0.25, 0.3) is 0 Å². The number of benzene rings is 3. The van der Waals surface area contributed by atoms with Crippen molar-refractivity contribution < 1.29 is 18.7 Å². The normalized spacial score (nSPS) is 15.1. The lowest BCUT2D eigenvalue weighted by Gasteiger charge is -2.29. The first-order chi connectivity index (χ1) is 17.4. The van der Waals surface area contributed by atoms with Gasteiger partial charge in [-0.2, -0.15) is 0 Å². The molecule has 0 spiro atoms. The van der Waals surface area contributed by atoms with Gasteiger partial charge < -0.3 is 15.2 Å². The van der Waals surface area contributed by atoms with E-state index in [1.54, 1.807) is 19.1 Å². The summed E-state index contributed by atoms with van der Waals surface area (Å²) in [6, 6.07) is 21.7. The van der Waals surface area contributed by atoms with Gasteiger partial charge in [0.05, 0.1) is 18.2 Å². The van der Waals surface area contributed by atoms with Crippen LogP contribution in [0.25, 0.3) is 23.1 Å². The maximum atomic E-state index is 13.2. The van der Waals surface area contributed by atoms with Gasteiger partial charge in [0.2, 0.25) is 5.88 Å². The van der Waals surface area contributed by atoms with E-state index in [0.717, 1.165) is 26.5 Å². The van der Waals surface area contributed by atoms with E-state index >= 15 is 0 Å². The monoisotopic (exact) mass is 544 g/mol. The Kier molecular flexibility index (Phi) is 6.57. The number of carbonyl (C=O) groups is 1. The van der Waals surface area contributed by atoms with Crippen molar-refractivity contribution in [1.29, 1.82) is 0 Å². The van der Waals surface area contributed by atoms with Crippen molar-refractivity contribution in [3.63, 3.8) is 0 Å². The lowest BCUT2D eigenvalue weighted by molar-refractivity contribution is -0.139. The van der Waals surface area contributed by atoms with Crippen LogP contribution >= 0.6 is 15.9 Å². The second-order valence-corrected chi connectivity index (χ2v) is 9.18. The molecule has 5 rings (SSSR count). The molecule has 1 unspecified atom stereocenters. The lowest BCUT2D eigenvalue weighted by atomic mass is 9.82. The summed E-state index contributed by atoms with van der Waals surface area (Å²) in [5, 5.41) is 0.870. The molecule has 36 heavy (non-hydrogen) atoms. The quantitative estimate of drug-likeness (QED) is 0.288. The Bertz CT molecular complexity index is 1510. The number of hydrogen-bond donors (Lipinski definition) is 1. The van der Waals surface area contributed by atoms with E-state index in [4.69, 9.17) is 20.2 Å². The van der Waals surface area contributed by atoms with E-state index in [0.29, 0.717) is 17.0 Å². The molecule has 1 aliphatic heterocycles. The maximum Gasteiger partial charge on any atom is 0.340 e. The Balaban J connectivity index is 1.63. The van der Waals surface area contributed by atoms with E-state index in [1.165, 1.54) is 12.1 Å². The van der Waals surface area contributed by atoms with Crippen LogP contribution in [0.5, 0.6) is 5.75 Å². The van der Waals surface area contributed by atoms with Gasteiger partial charge in [0.15, 0.2) is 5.75 Å². The number of rotatable bonds is 5. The minimum atomic E-state index is -0.516. The Morgan fingerprint density at radius 1 is 1.06 bits per heavy atom. The molecule has 4 aromatic rings. The zero-order valence-electron chi connectivity index (χ0n) is 19.4. The number of pyridine rings is 1. The van der Waals surface area contributed by atoms with Crippen LogP contribution in [0.1, 0.15) is 35.2 Å². The second kappa shape index (κ2) is 9.95. The number of carbonyl (C=O) groups excluding carboxylic acids is 1. The number of hydrogen-bond acceptors (Lipinski definition) is 5. The second-order valence-electron chi connectivity index (χ2n) is 8.26. The van der Waals surface area contributed by atoms with Crippen LogP contribution in [0, 0.1) is 5.82 Å². The van der Waals surface area contributed by atoms with Gasteiger partial charge in [0, 0.05) is 15.4 Å². The summed E-state index contributed by atoms with van der Waals surface area (Å²) in [7, 11) is 0. The third-order valence-corrected chi connectivity index (χ3v) is 6.49. The van der Waals surface area contributed by atoms with E-state index in [9.17, 15) is 9.18 Å². The van der Waals surface area contributed by atoms with Gasteiger partial charge in [-0.25, -0.2) is 14.2 Å². The first-order valence-corrected chi connectivity index (χ1v) is 12.2. The maximum absolute atomic E-state index is 13.2. The summed E-state index contributed by atoms with van der Waals surface area (Å²) in [4.78, 5) is 17.7. The zero-order valence-corrected chi connectivity index (χ0v) is 21.0. The van der Waals surface area contributed by atoms with Gasteiger partial charge in [-0.3, -0.25) is 0 Å². The molecular formula is C29H22BrFN2O3. The molecule has 0 amide bonds. The Labute approximate surface area is 216 Å². The molecule has 2 N–H and O–H groups in total. The summed E-state index contributed by atoms with van der Waals surface area (Å²) < 4.78 is 25.5. The standard InChI is InChI=1S/C29H22BrFN2O3/c1-2-35-29(34)25-24(18-6-10-20(30)11-7-18)23-16-9-19-8-15-22(33-26(19)27(23)36-28(25)32)14-5-17-3-12-21(31)13-4-17/h3-16,24H,2,32H2,1H3/b14-5+. The fourth-order valence-electron chi connectivity index (χ4n) is 4.27.